The van der Waals surface area contributed by atoms with Gasteiger partial charge in [0.15, 0.2) is 0 Å². The van der Waals surface area contributed by atoms with Crippen LogP contribution >= 0.6 is 11.3 Å². The number of aromatic nitrogens is 2. The Bertz CT molecular complexity index is 1740. The van der Waals surface area contributed by atoms with Crippen molar-refractivity contribution in [2.24, 2.45) is 0 Å². The van der Waals surface area contributed by atoms with Crippen LogP contribution in [0.25, 0.3) is 42.7 Å². The first-order valence-electron chi connectivity index (χ1n) is 14.7. The van der Waals surface area contributed by atoms with Gasteiger partial charge in [-0.25, -0.2) is 0 Å². The third-order valence-electron chi connectivity index (χ3n) is 8.07. The molecule has 7 rings (SSSR count). The van der Waals surface area contributed by atoms with Gasteiger partial charge in [0.1, 0.15) is 0 Å². The predicted octanol–water partition coefficient (Wildman–Crippen LogP) is 10.1. The van der Waals surface area contributed by atoms with E-state index in [-0.39, 0.29) is 20.1 Å². The topological polar surface area (TPSA) is 25.8 Å². The Morgan fingerprint density at radius 2 is 1.60 bits per heavy atom. The smallest absolute Gasteiger partial charge is 0.0776 e. The van der Waals surface area contributed by atoms with Crippen LogP contribution in [0.15, 0.2) is 97.3 Å². The number of benzene rings is 3. The molecule has 0 N–H and O–H groups in total. The van der Waals surface area contributed by atoms with Gasteiger partial charge in [0.2, 0.25) is 0 Å². The molecular weight excluding hydrogens is 725 g/mol. The first kappa shape index (κ1) is 30.5. The third kappa shape index (κ3) is 6.81. The van der Waals surface area contributed by atoms with E-state index >= 15 is 0 Å². The molecule has 1 aliphatic carbocycles. The van der Waals surface area contributed by atoms with E-state index in [9.17, 15) is 0 Å². The second kappa shape index (κ2) is 13.6. The van der Waals surface area contributed by atoms with Crippen molar-refractivity contribution in [1.29, 1.82) is 0 Å². The second-order valence-electron chi connectivity index (χ2n) is 12.0. The number of fused-ring (bicyclic) bond motifs is 3. The van der Waals surface area contributed by atoms with Crippen molar-refractivity contribution in [3.63, 3.8) is 0 Å². The molecule has 6 aromatic rings. The molecule has 42 heavy (non-hydrogen) atoms. The number of hydrogen-bond donors (Lipinski definition) is 0. The van der Waals surface area contributed by atoms with Crippen LogP contribution in [-0.4, -0.2) is 18.0 Å². The molecule has 0 amide bonds. The van der Waals surface area contributed by atoms with E-state index in [1.807, 2.05) is 53.9 Å². The Balaban J connectivity index is 0.000000169. The van der Waals surface area contributed by atoms with Crippen LogP contribution in [-0.2, 0) is 20.1 Å². The van der Waals surface area contributed by atoms with Crippen LogP contribution in [0.4, 0.5) is 0 Å². The zero-order valence-electron chi connectivity index (χ0n) is 24.5. The first-order valence-corrected chi connectivity index (χ1v) is 19.0. The Kier molecular flexibility index (Phi) is 9.85. The fraction of sp³-hybridized carbons (Fsp3) is 0.243. The van der Waals surface area contributed by atoms with Crippen LogP contribution in [0.5, 0.6) is 0 Å². The van der Waals surface area contributed by atoms with Crippen molar-refractivity contribution in [2.45, 2.75) is 57.7 Å². The molecule has 0 spiro atoms. The van der Waals surface area contributed by atoms with Crippen LogP contribution < -0.4 is 5.19 Å². The molecular formula is C37H36IrN2SSi-2. The van der Waals surface area contributed by atoms with Crippen molar-refractivity contribution in [3.05, 3.63) is 115 Å². The van der Waals surface area contributed by atoms with Crippen molar-refractivity contribution in [2.75, 3.05) is 0 Å². The van der Waals surface area contributed by atoms with Gasteiger partial charge in [-0.05, 0) is 57.9 Å². The summed E-state index contributed by atoms with van der Waals surface area (Å²) in [7, 11) is -1.29. The Labute approximate surface area is 268 Å². The number of rotatable bonds is 4. The van der Waals surface area contributed by atoms with Crippen molar-refractivity contribution in [3.8, 4) is 22.5 Å². The average Bonchev–Trinajstić information content (AvgIpc) is 3.41. The van der Waals surface area contributed by atoms with Crippen LogP contribution in [0.1, 0.15) is 43.6 Å². The average molecular weight is 761 g/mol. The van der Waals surface area contributed by atoms with Crippen molar-refractivity contribution in [1.82, 2.24) is 9.97 Å². The predicted molar refractivity (Wildman–Crippen MR) is 179 cm³/mol. The molecule has 215 valence electrons. The van der Waals surface area contributed by atoms with Gasteiger partial charge < -0.3 is 9.97 Å². The molecule has 0 bridgehead atoms. The fourth-order valence-electron chi connectivity index (χ4n) is 5.70. The molecule has 1 fully saturated rings. The first-order chi connectivity index (χ1) is 20.0. The quantitative estimate of drug-likeness (QED) is 0.132. The summed E-state index contributed by atoms with van der Waals surface area (Å²) in [6.45, 7) is 7.19. The van der Waals surface area contributed by atoms with Gasteiger partial charge in [-0.2, -0.15) is 11.3 Å². The zero-order chi connectivity index (χ0) is 28.2. The fourth-order valence-corrected chi connectivity index (χ4v) is 8.22. The summed E-state index contributed by atoms with van der Waals surface area (Å²) >= 11 is 1.86. The molecule has 0 aliphatic heterocycles. The Morgan fingerprint density at radius 1 is 0.762 bits per heavy atom. The monoisotopic (exact) mass is 761 g/mol. The largest absolute Gasteiger partial charge is 0.305 e. The normalized spacial score (nSPS) is 13.8. The number of nitrogens with zero attached hydrogens (tertiary/aromatic N) is 2. The summed E-state index contributed by atoms with van der Waals surface area (Å²) in [6, 6.07) is 36.3. The SMILES string of the molecule is C[Si](C)(C)c1ccc2c(c1)sc1c(-c3ccccn3)[c-]ccc12.[Ir].[c-]1ccccc1-c1ccc(C2CCCCC2)cn1. The Morgan fingerprint density at radius 3 is 2.29 bits per heavy atom. The molecule has 2 nitrogen and oxygen atoms in total. The number of pyridine rings is 2. The number of hydrogen-bond acceptors (Lipinski definition) is 3. The van der Waals surface area contributed by atoms with Gasteiger partial charge in [-0.1, -0.05) is 85.9 Å². The molecule has 5 heteroatoms. The van der Waals surface area contributed by atoms with Gasteiger partial charge in [-0.15, -0.1) is 59.7 Å². The summed E-state index contributed by atoms with van der Waals surface area (Å²) in [4.78, 5) is 9.10. The maximum absolute atomic E-state index is 4.59. The van der Waals surface area contributed by atoms with E-state index in [1.165, 1.54) is 63.0 Å². The molecule has 3 aromatic heterocycles. The summed E-state index contributed by atoms with van der Waals surface area (Å²) < 4.78 is 2.66. The van der Waals surface area contributed by atoms with Gasteiger partial charge in [-0.3, -0.25) is 0 Å². The van der Waals surface area contributed by atoms with E-state index in [1.54, 1.807) is 0 Å². The van der Waals surface area contributed by atoms with E-state index < -0.39 is 8.07 Å². The van der Waals surface area contributed by atoms with Crippen LogP contribution in [0.2, 0.25) is 19.6 Å². The maximum atomic E-state index is 4.59. The van der Waals surface area contributed by atoms with Gasteiger partial charge >= 0.3 is 0 Å². The number of thiophene rings is 1. The Hall–Kier alpha value is -2.95. The van der Waals surface area contributed by atoms with Crippen LogP contribution in [0, 0.1) is 12.1 Å². The summed E-state index contributed by atoms with van der Waals surface area (Å²) in [5, 5.41) is 4.17. The maximum Gasteiger partial charge on any atom is 0.0776 e. The molecule has 1 radical (unpaired) electrons. The standard InChI is InChI=1S/C20H18NSSi.C17H18N.Ir/c1-23(2,3)14-10-11-15-16-7-6-8-17(18-9-4-5-12-21-18)20(16)22-19(15)13-14;1-3-7-14(8-4-1)16-11-12-17(18-13-16)15-9-5-2-6-10-15;/h4-7,9-13H,1-3H3;2,5-6,9,11-14H,1,3-4,7-8H2;/q2*-1;. The third-order valence-corrected chi connectivity index (χ3v) is 11.3. The summed E-state index contributed by atoms with van der Waals surface area (Å²) in [5.41, 5.74) is 5.62. The summed E-state index contributed by atoms with van der Waals surface area (Å²) in [5.74, 6) is 0.736. The molecule has 1 aliphatic rings. The van der Waals surface area contributed by atoms with E-state index in [2.05, 4.69) is 96.5 Å². The van der Waals surface area contributed by atoms with E-state index in [0.29, 0.717) is 0 Å². The van der Waals surface area contributed by atoms with Crippen LogP contribution in [0.3, 0.4) is 0 Å². The minimum atomic E-state index is -1.29. The molecule has 1 saturated carbocycles. The molecule has 0 saturated heterocycles. The minimum Gasteiger partial charge on any atom is -0.305 e. The second-order valence-corrected chi connectivity index (χ2v) is 18.1. The molecule has 0 atom stereocenters. The van der Waals surface area contributed by atoms with Crippen molar-refractivity contribution < 1.29 is 20.1 Å². The minimum absolute atomic E-state index is 0. The van der Waals surface area contributed by atoms with Crippen molar-refractivity contribution >= 4 is 44.8 Å². The van der Waals surface area contributed by atoms with E-state index in [4.69, 9.17) is 0 Å². The summed E-state index contributed by atoms with van der Waals surface area (Å²) in [6.07, 6.45) is 10.7. The molecule has 3 aromatic carbocycles. The van der Waals surface area contributed by atoms with E-state index in [0.717, 1.165) is 28.4 Å². The van der Waals surface area contributed by atoms with Gasteiger partial charge in [0.25, 0.3) is 0 Å². The zero-order valence-corrected chi connectivity index (χ0v) is 28.7. The molecule has 3 heterocycles. The molecule has 0 unspecified atom stereocenters. The van der Waals surface area contributed by atoms with Gasteiger partial charge in [0.05, 0.1) is 8.07 Å². The van der Waals surface area contributed by atoms with Gasteiger partial charge in [0, 0.05) is 37.2 Å².